The molecule has 0 fully saturated rings. The zero-order chi connectivity index (χ0) is 7.98. The van der Waals surface area contributed by atoms with Crippen molar-refractivity contribution in [2.45, 2.75) is 13.0 Å². The fourth-order valence-electron chi connectivity index (χ4n) is 0.349. The van der Waals surface area contributed by atoms with E-state index in [0.29, 0.717) is 6.54 Å². The molecular formula is C6H10N2O2. The Labute approximate surface area is 60.0 Å². The number of hydrogen-bond acceptors (Lipinski definition) is 2. The average molecular weight is 142 g/mol. The van der Waals surface area contributed by atoms with Crippen molar-refractivity contribution in [2.75, 3.05) is 13.7 Å². The SMILES string of the molecule is [C-]#[N+]C(C)CNC(=O)OC. The maximum atomic E-state index is 10.4. The lowest BCUT2D eigenvalue weighted by Gasteiger charge is -2.00. The second-order valence-corrected chi connectivity index (χ2v) is 1.85. The molecule has 4 nitrogen and oxygen atoms in total. The first-order valence-corrected chi connectivity index (χ1v) is 2.89. The van der Waals surface area contributed by atoms with Gasteiger partial charge in [-0.25, -0.2) is 11.4 Å². The first-order chi connectivity index (χ1) is 4.70. The van der Waals surface area contributed by atoms with Crippen molar-refractivity contribution in [1.29, 1.82) is 0 Å². The van der Waals surface area contributed by atoms with E-state index < -0.39 is 6.09 Å². The molecule has 0 saturated carbocycles. The zero-order valence-electron chi connectivity index (χ0n) is 6.05. The van der Waals surface area contributed by atoms with Crippen LogP contribution in [0, 0.1) is 6.57 Å². The minimum Gasteiger partial charge on any atom is -0.453 e. The third-order valence-corrected chi connectivity index (χ3v) is 0.948. The number of carbonyl (C=O) groups is 1. The molecule has 0 saturated heterocycles. The van der Waals surface area contributed by atoms with Crippen molar-refractivity contribution in [3.8, 4) is 0 Å². The molecule has 10 heavy (non-hydrogen) atoms. The fraction of sp³-hybridized carbons (Fsp3) is 0.667. The highest BCUT2D eigenvalue weighted by atomic mass is 16.5. The average Bonchev–Trinajstić information content (AvgIpc) is 1.99. The maximum absolute atomic E-state index is 10.4. The molecule has 0 aliphatic heterocycles. The summed E-state index contributed by atoms with van der Waals surface area (Å²) in [6.07, 6.45) is -0.490. The minimum absolute atomic E-state index is 0.181. The van der Waals surface area contributed by atoms with E-state index in [0.717, 1.165) is 0 Å². The largest absolute Gasteiger partial charge is 0.453 e. The maximum Gasteiger partial charge on any atom is 0.407 e. The Kier molecular flexibility index (Phi) is 4.05. The zero-order valence-corrected chi connectivity index (χ0v) is 6.05. The van der Waals surface area contributed by atoms with Gasteiger partial charge in [0, 0.05) is 6.92 Å². The Morgan fingerprint density at radius 1 is 1.90 bits per heavy atom. The van der Waals surface area contributed by atoms with Gasteiger partial charge in [-0.3, -0.25) is 0 Å². The molecule has 0 aliphatic carbocycles. The number of rotatable bonds is 2. The topological polar surface area (TPSA) is 42.7 Å². The highest BCUT2D eigenvalue weighted by Crippen LogP contribution is 1.84. The highest BCUT2D eigenvalue weighted by molar-refractivity contribution is 5.66. The molecule has 0 rings (SSSR count). The van der Waals surface area contributed by atoms with Crippen LogP contribution in [-0.4, -0.2) is 25.8 Å². The number of ether oxygens (including phenoxy) is 1. The Balaban J connectivity index is 3.37. The third kappa shape index (κ3) is 3.72. The van der Waals surface area contributed by atoms with Gasteiger partial charge in [0.1, 0.15) is 0 Å². The second kappa shape index (κ2) is 4.62. The van der Waals surface area contributed by atoms with E-state index in [-0.39, 0.29) is 6.04 Å². The van der Waals surface area contributed by atoms with Crippen LogP contribution in [0.3, 0.4) is 0 Å². The Morgan fingerprint density at radius 3 is 2.90 bits per heavy atom. The molecule has 0 aromatic rings. The summed E-state index contributed by atoms with van der Waals surface area (Å²) in [6, 6.07) is -0.181. The highest BCUT2D eigenvalue weighted by Gasteiger charge is 2.05. The summed E-state index contributed by atoms with van der Waals surface area (Å²) < 4.78 is 4.29. The summed E-state index contributed by atoms with van der Waals surface area (Å²) >= 11 is 0. The van der Waals surface area contributed by atoms with Crippen LogP contribution in [0.25, 0.3) is 4.85 Å². The number of carbonyl (C=O) groups excluding carboxylic acids is 1. The van der Waals surface area contributed by atoms with Crippen LogP contribution in [0.4, 0.5) is 4.79 Å². The van der Waals surface area contributed by atoms with E-state index in [4.69, 9.17) is 6.57 Å². The fourth-order valence-corrected chi connectivity index (χ4v) is 0.349. The van der Waals surface area contributed by atoms with Crippen molar-refractivity contribution < 1.29 is 9.53 Å². The van der Waals surface area contributed by atoms with Gasteiger partial charge in [-0.05, 0) is 0 Å². The minimum atomic E-state index is -0.490. The quantitative estimate of drug-likeness (QED) is 0.575. The Hall–Kier alpha value is -1.24. The molecule has 0 aromatic carbocycles. The molecule has 4 heteroatoms. The summed E-state index contributed by atoms with van der Waals surface area (Å²) in [6.45, 7) is 8.61. The summed E-state index contributed by atoms with van der Waals surface area (Å²) in [5.74, 6) is 0. The van der Waals surface area contributed by atoms with E-state index in [1.807, 2.05) is 0 Å². The number of methoxy groups -OCH3 is 1. The summed E-state index contributed by atoms with van der Waals surface area (Å²) in [5, 5.41) is 2.41. The van der Waals surface area contributed by atoms with Gasteiger partial charge in [-0.1, -0.05) is 0 Å². The summed E-state index contributed by atoms with van der Waals surface area (Å²) in [4.78, 5) is 13.6. The second-order valence-electron chi connectivity index (χ2n) is 1.85. The van der Waals surface area contributed by atoms with Gasteiger partial charge in [0.05, 0.1) is 13.7 Å². The molecule has 56 valence electrons. The molecule has 1 N–H and O–H groups in total. The van der Waals surface area contributed by atoms with Crippen LogP contribution < -0.4 is 5.32 Å². The molecule has 0 heterocycles. The lowest BCUT2D eigenvalue weighted by Crippen LogP contribution is -2.28. The van der Waals surface area contributed by atoms with Crippen molar-refractivity contribution in [2.24, 2.45) is 0 Å². The van der Waals surface area contributed by atoms with Crippen LogP contribution in [-0.2, 0) is 4.74 Å². The first kappa shape index (κ1) is 8.76. The summed E-state index contributed by atoms with van der Waals surface area (Å²) in [5.41, 5.74) is 0. The predicted molar refractivity (Wildman–Crippen MR) is 36.5 cm³/mol. The summed E-state index contributed by atoms with van der Waals surface area (Å²) in [7, 11) is 1.29. The van der Waals surface area contributed by atoms with Gasteiger partial charge in [-0.2, -0.15) is 0 Å². The lowest BCUT2D eigenvalue weighted by atomic mass is 10.4. The molecule has 1 amide bonds. The van der Waals surface area contributed by atoms with Gasteiger partial charge < -0.3 is 14.9 Å². The van der Waals surface area contributed by atoms with E-state index in [1.54, 1.807) is 6.92 Å². The van der Waals surface area contributed by atoms with Crippen LogP contribution in [0.15, 0.2) is 0 Å². The third-order valence-electron chi connectivity index (χ3n) is 0.948. The van der Waals surface area contributed by atoms with Crippen molar-refractivity contribution in [1.82, 2.24) is 5.32 Å². The molecule has 0 radical (unpaired) electrons. The smallest absolute Gasteiger partial charge is 0.407 e. The number of alkyl carbamates (subject to hydrolysis) is 1. The van der Waals surface area contributed by atoms with E-state index in [9.17, 15) is 4.79 Å². The monoisotopic (exact) mass is 142 g/mol. The van der Waals surface area contributed by atoms with Crippen molar-refractivity contribution in [3.63, 3.8) is 0 Å². The van der Waals surface area contributed by atoms with E-state index in [1.165, 1.54) is 7.11 Å². The van der Waals surface area contributed by atoms with Crippen LogP contribution in [0.2, 0.25) is 0 Å². The number of amides is 1. The molecule has 0 aromatic heterocycles. The van der Waals surface area contributed by atoms with Gasteiger partial charge in [0.25, 0.3) is 0 Å². The number of hydrogen-bond donors (Lipinski definition) is 1. The molecule has 0 aliphatic rings. The van der Waals surface area contributed by atoms with Crippen LogP contribution in [0.5, 0.6) is 0 Å². The van der Waals surface area contributed by atoms with Crippen molar-refractivity contribution in [3.05, 3.63) is 11.4 Å². The van der Waals surface area contributed by atoms with Gasteiger partial charge in [-0.15, -0.1) is 0 Å². The Morgan fingerprint density at radius 2 is 2.50 bits per heavy atom. The number of nitrogens with one attached hydrogen (secondary N) is 1. The molecular weight excluding hydrogens is 132 g/mol. The number of nitrogens with zero attached hydrogens (tertiary/aromatic N) is 1. The van der Waals surface area contributed by atoms with Crippen LogP contribution in [0.1, 0.15) is 6.92 Å². The van der Waals surface area contributed by atoms with Crippen molar-refractivity contribution >= 4 is 6.09 Å². The van der Waals surface area contributed by atoms with Crippen LogP contribution >= 0.6 is 0 Å². The normalized spacial score (nSPS) is 11.3. The molecule has 1 unspecified atom stereocenters. The standard InChI is InChI=1S/C6H10N2O2/c1-5(7-2)4-8-6(9)10-3/h5H,4H2,1,3H3,(H,8,9). The molecule has 0 bridgehead atoms. The lowest BCUT2D eigenvalue weighted by molar-refractivity contribution is 0.171. The van der Waals surface area contributed by atoms with Gasteiger partial charge in [0.15, 0.2) is 0 Å². The first-order valence-electron chi connectivity index (χ1n) is 2.89. The van der Waals surface area contributed by atoms with E-state index in [2.05, 4.69) is 14.9 Å². The predicted octanol–water partition coefficient (Wildman–Crippen LogP) is 0.650. The van der Waals surface area contributed by atoms with Gasteiger partial charge in [0.2, 0.25) is 6.04 Å². The van der Waals surface area contributed by atoms with E-state index >= 15 is 0 Å². The van der Waals surface area contributed by atoms with Gasteiger partial charge >= 0.3 is 6.09 Å². The molecule has 0 spiro atoms. The molecule has 1 atom stereocenters. The Bertz CT molecular complexity index is 150.